The highest BCUT2D eigenvalue weighted by Crippen LogP contribution is 2.17. The third-order valence-corrected chi connectivity index (χ3v) is 2.36. The number of hydroxylamine groups is 1. The van der Waals surface area contributed by atoms with Crippen molar-refractivity contribution in [3.8, 4) is 0 Å². The predicted molar refractivity (Wildman–Crippen MR) is 64.5 cm³/mol. The van der Waals surface area contributed by atoms with Gasteiger partial charge in [-0.15, -0.1) is 0 Å². The van der Waals surface area contributed by atoms with E-state index in [1.54, 1.807) is 20.8 Å². The summed E-state index contributed by atoms with van der Waals surface area (Å²) in [6, 6.07) is 0. The van der Waals surface area contributed by atoms with Crippen molar-refractivity contribution in [3.05, 3.63) is 16.5 Å². The first-order valence-corrected chi connectivity index (χ1v) is 5.63. The van der Waals surface area contributed by atoms with Gasteiger partial charge in [0, 0.05) is 5.70 Å². The van der Waals surface area contributed by atoms with E-state index in [0.29, 0.717) is 5.70 Å². The second-order valence-electron chi connectivity index (χ2n) is 4.72. The summed E-state index contributed by atoms with van der Waals surface area (Å²) in [4.78, 5) is 11.5. The van der Waals surface area contributed by atoms with Crippen molar-refractivity contribution in [3.63, 3.8) is 0 Å². The van der Waals surface area contributed by atoms with Crippen LogP contribution in [0.2, 0.25) is 0 Å². The Morgan fingerprint density at radius 1 is 1.25 bits per heavy atom. The summed E-state index contributed by atoms with van der Waals surface area (Å²) in [5, 5.41) is 10.8. The molecule has 0 saturated heterocycles. The van der Waals surface area contributed by atoms with E-state index in [2.05, 4.69) is 0 Å². The summed E-state index contributed by atoms with van der Waals surface area (Å²) in [6.07, 6.45) is 1.57. The van der Waals surface area contributed by atoms with Crippen LogP contribution in [0.3, 0.4) is 0 Å². The summed E-state index contributed by atoms with van der Waals surface area (Å²) in [7, 11) is 0. The van der Waals surface area contributed by atoms with E-state index < -0.39 is 5.41 Å². The van der Waals surface area contributed by atoms with E-state index in [9.17, 15) is 10.0 Å². The van der Waals surface area contributed by atoms with Gasteiger partial charge in [-0.1, -0.05) is 13.8 Å². The van der Waals surface area contributed by atoms with Crippen LogP contribution in [0.5, 0.6) is 0 Å². The van der Waals surface area contributed by atoms with Crippen LogP contribution in [0.1, 0.15) is 47.5 Å². The van der Waals surface area contributed by atoms with Gasteiger partial charge < -0.3 is 15.4 Å². The highest BCUT2D eigenvalue weighted by Gasteiger charge is 2.23. The maximum Gasteiger partial charge on any atom is 0.311 e. The quantitative estimate of drug-likeness (QED) is 0.580. The molecule has 94 valence electrons. The minimum absolute atomic E-state index is 0.0383. The number of ether oxygens (including phenoxy) is 1. The van der Waals surface area contributed by atoms with Gasteiger partial charge in [-0.25, -0.2) is 0 Å². The smallest absolute Gasteiger partial charge is 0.311 e. The molecule has 0 heterocycles. The SMILES string of the molecule is CCC(CC)=C(COC(=O)C(C)(C)C)N[O-]. The minimum atomic E-state index is -0.535. The summed E-state index contributed by atoms with van der Waals surface area (Å²) >= 11 is 0. The molecule has 0 rings (SSSR count). The Balaban J connectivity index is 4.48. The maximum atomic E-state index is 11.5. The number of esters is 1. The molecule has 4 heteroatoms. The van der Waals surface area contributed by atoms with Crippen molar-refractivity contribution in [1.82, 2.24) is 5.48 Å². The Morgan fingerprint density at radius 2 is 1.75 bits per heavy atom. The second-order valence-corrected chi connectivity index (χ2v) is 4.72. The molecule has 0 aliphatic carbocycles. The van der Waals surface area contributed by atoms with Gasteiger partial charge in [0.25, 0.3) is 0 Å². The van der Waals surface area contributed by atoms with Crippen LogP contribution in [0.4, 0.5) is 0 Å². The summed E-state index contributed by atoms with van der Waals surface area (Å²) in [6.45, 7) is 9.33. The molecule has 0 aliphatic heterocycles. The molecule has 0 atom stereocenters. The van der Waals surface area contributed by atoms with Crippen LogP contribution in [0.15, 0.2) is 11.3 Å². The lowest BCUT2D eigenvalue weighted by Gasteiger charge is -2.22. The van der Waals surface area contributed by atoms with Gasteiger partial charge in [0.15, 0.2) is 0 Å². The van der Waals surface area contributed by atoms with Gasteiger partial charge in [-0.05, 0) is 39.2 Å². The zero-order valence-electron chi connectivity index (χ0n) is 10.8. The van der Waals surface area contributed by atoms with Gasteiger partial charge in [0.2, 0.25) is 0 Å². The van der Waals surface area contributed by atoms with Crippen molar-refractivity contribution in [1.29, 1.82) is 0 Å². The number of carbonyl (C=O) groups excluding carboxylic acids is 1. The molecule has 0 aromatic rings. The Morgan fingerprint density at radius 3 is 2.06 bits per heavy atom. The number of nitrogens with one attached hydrogen (secondary N) is 1. The lowest BCUT2D eigenvalue weighted by molar-refractivity contribution is -0.151. The molecule has 0 bridgehead atoms. The Labute approximate surface area is 97.6 Å². The fourth-order valence-electron chi connectivity index (χ4n) is 1.23. The molecule has 0 saturated carbocycles. The van der Waals surface area contributed by atoms with Crippen molar-refractivity contribution in [2.75, 3.05) is 6.61 Å². The van der Waals surface area contributed by atoms with E-state index >= 15 is 0 Å². The molecule has 0 aliphatic rings. The van der Waals surface area contributed by atoms with Crippen LogP contribution in [0, 0.1) is 10.6 Å². The topological polar surface area (TPSA) is 61.4 Å². The Kier molecular flexibility index (Phi) is 6.11. The van der Waals surface area contributed by atoms with E-state index in [1.807, 2.05) is 19.3 Å². The fraction of sp³-hybridized carbons (Fsp3) is 0.750. The number of hydrogen-bond donors (Lipinski definition) is 1. The van der Waals surface area contributed by atoms with Gasteiger partial charge in [-0.3, -0.25) is 4.79 Å². The maximum absolute atomic E-state index is 11.5. The third kappa shape index (κ3) is 4.66. The van der Waals surface area contributed by atoms with E-state index in [-0.39, 0.29) is 12.6 Å². The number of carbonyl (C=O) groups is 1. The van der Waals surface area contributed by atoms with Crippen LogP contribution in [-0.2, 0) is 9.53 Å². The average molecular weight is 228 g/mol. The predicted octanol–water partition coefficient (Wildman–Crippen LogP) is 2.74. The normalized spacial score (nSPS) is 10.9. The molecule has 0 aromatic carbocycles. The highest BCUT2D eigenvalue weighted by atomic mass is 16.5. The molecule has 4 nitrogen and oxygen atoms in total. The molecule has 0 spiro atoms. The van der Waals surface area contributed by atoms with Gasteiger partial charge in [0.1, 0.15) is 6.61 Å². The monoisotopic (exact) mass is 228 g/mol. The number of rotatable bonds is 5. The van der Waals surface area contributed by atoms with Gasteiger partial charge in [-0.2, -0.15) is 0 Å². The largest absolute Gasteiger partial charge is 0.761 e. The number of hydrogen-bond acceptors (Lipinski definition) is 4. The first-order valence-electron chi connectivity index (χ1n) is 5.63. The molecule has 0 aromatic heterocycles. The standard InChI is InChI=1S/C12H22NO3/c1-6-9(7-2)10(13-15)8-16-11(14)12(3,4)5/h13H,6-8H2,1-5H3/q-1. The van der Waals surface area contributed by atoms with Gasteiger partial charge in [0.05, 0.1) is 5.41 Å². The lowest BCUT2D eigenvalue weighted by atomic mass is 9.97. The van der Waals surface area contributed by atoms with Crippen molar-refractivity contribution in [2.24, 2.45) is 5.41 Å². The third-order valence-electron chi connectivity index (χ3n) is 2.36. The summed E-state index contributed by atoms with van der Waals surface area (Å²) in [5.74, 6) is -0.299. The molecular formula is C12H22NO3-. The fourth-order valence-corrected chi connectivity index (χ4v) is 1.23. The van der Waals surface area contributed by atoms with Crippen LogP contribution < -0.4 is 5.48 Å². The van der Waals surface area contributed by atoms with Crippen LogP contribution in [-0.4, -0.2) is 12.6 Å². The van der Waals surface area contributed by atoms with E-state index in [0.717, 1.165) is 18.4 Å². The number of allylic oxidation sites excluding steroid dienone is 1. The molecule has 0 amide bonds. The van der Waals surface area contributed by atoms with Crippen molar-refractivity contribution < 1.29 is 9.53 Å². The molecular weight excluding hydrogens is 206 g/mol. The first kappa shape index (κ1) is 15.0. The zero-order chi connectivity index (χ0) is 12.8. The van der Waals surface area contributed by atoms with Crippen molar-refractivity contribution in [2.45, 2.75) is 47.5 Å². The Bertz CT molecular complexity index is 258. The second kappa shape index (κ2) is 6.53. The summed E-state index contributed by atoms with van der Waals surface area (Å²) < 4.78 is 5.08. The molecule has 1 N–H and O–H groups in total. The lowest BCUT2D eigenvalue weighted by Crippen LogP contribution is -2.25. The van der Waals surface area contributed by atoms with E-state index in [4.69, 9.17) is 4.74 Å². The van der Waals surface area contributed by atoms with Gasteiger partial charge >= 0.3 is 5.97 Å². The van der Waals surface area contributed by atoms with Crippen molar-refractivity contribution >= 4 is 5.97 Å². The van der Waals surface area contributed by atoms with Crippen LogP contribution >= 0.6 is 0 Å². The molecule has 0 fully saturated rings. The van der Waals surface area contributed by atoms with E-state index in [1.165, 1.54) is 0 Å². The minimum Gasteiger partial charge on any atom is -0.761 e. The molecule has 0 unspecified atom stereocenters. The summed E-state index contributed by atoms with van der Waals surface area (Å²) in [5.41, 5.74) is 2.80. The first-order chi connectivity index (χ1) is 7.36. The highest BCUT2D eigenvalue weighted by molar-refractivity contribution is 5.75. The molecule has 0 radical (unpaired) electrons. The van der Waals surface area contributed by atoms with Crippen LogP contribution in [0.25, 0.3) is 0 Å². The zero-order valence-corrected chi connectivity index (χ0v) is 10.8. The molecule has 16 heavy (non-hydrogen) atoms. The average Bonchev–Trinajstić information content (AvgIpc) is 2.22. The Hall–Kier alpha value is -1.03.